The number of hydrogen-bond donors (Lipinski definition) is 1. The maximum absolute atomic E-state index is 12.2. The van der Waals surface area contributed by atoms with Gasteiger partial charge in [-0.2, -0.15) is 0 Å². The molecule has 0 aliphatic carbocycles. The Morgan fingerprint density at radius 3 is 2.62 bits per heavy atom. The van der Waals surface area contributed by atoms with Crippen molar-refractivity contribution in [1.29, 1.82) is 0 Å². The maximum Gasteiger partial charge on any atom is 0.245 e. The molecule has 0 aromatic heterocycles. The van der Waals surface area contributed by atoms with Gasteiger partial charge in [0.1, 0.15) is 6.04 Å². The summed E-state index contributed by atoms with van der Waals surface area (Å²) in [6.45, 7) is 3.98. The minimum Gasteiger partial charge on any atom is -0.378 e. The summed E-state index contributed by atoms with van der Waals surface area (Å²) in [4.78, 5) is 26.0. The molecule has 1 fully saturated rings. The van der Waals surface area contributed by atoms with Gasteiger partial charge in [0.05, 0.1) is 23.3 Å². The third kappa shape index (κ3) is 5.65. The van der Waals surface area contributed by atoms with Crippen LogP contribution in [0, 0.1) is 0 Å². The summed E-state index contributed by atoms with van der Waals surface area (Å²) in [6.07, 6.45) is 1.78. The first-order valence-corrected chi connectivity index (χ1v) is 8.83. The first kappa shape index (κ1) is 19.0. The largest absolute Gasteiger partial charge is 0.378 e. The van der Waals surface area contributed by atoms with E-state index in [9.17, 15) is 9.59 Å². The average Bonchev–Trinajstić information content (AvgIpc) is 2.58. The zero-order valence-corrected chi connectivity index (χ0v) is 15.2. The number of carbonyl (C=O) groups is 2. The van der Waals surface area contributed by atoms with Crippen molar-refractivity contribution in [1.82, 2.24) is 10.2 Å². The van der Waals surface area contributed by atoms with E-state index in [2.05, 4.69) is 5.32 Å². The highest BCUT2D eigenvalue weighted by molar-refractivity contribution is 6.42. The standard InChI is InChI=1S/C17H22Cl2N2O3/c1-12(17(23)21-7-9-24-10-8-21)20-16(22)4-2-3-13-5-6-14(18)15(19)11-13/h5-6,11-12H,2-4,7-10H2,1H3,(H,20,22). The summed E-state index contributed by atoms with van der Waals surface area (Å²) in [6, 6.07) is 4.95. The number of morpholine rings is 1. The number of halogens is 2. The van der Waals surface area contributed by atoms with Crippen LogP contribution in [0.5, 0.6) is 0 Å². The number of aryl methyl sites for hydroxylation is 1. The van der Waals surface area contributed by atoms with Crippen LogP contribution >= 0.6 is 23.2 Å². The molecule has 1 aliphatic rings. The van der Waals surface area contributed by atoms with Gasteiger partial charge < -0.3 is 15.0 Å². The van der Waals surface area contributed by atoms with E-state index in [1.165, 1.54) is 0 Å². The van der Waals surface area contributed by atoms with Crippen molar-refractivity contribution in [3.63, 3.8) is 0 Å². The zero-order valence-electron chi connectivity index (χ0n) is 13.7. The van der Waals surface area contributed by atoms with E-state index >= 15 is 0 Å². The molecule has 1 saturated heterocycles. The van der Waals surface area contributed by atoms with Gasteiger partial charge in [-0.1, -0.05) is 29.3 Å². The van der Waals surface area contributed by atoms with E-state index < -0.39 is 6.04 Å². The molecule has 1 aromatic carbocycles. The van der Waals surface area contributed by atoms with Crippen LogP contribution in [0.1, 0.15) is 25.3 Å². The van der Waals surface area contributed by atoms with Crippen molar-refractivity contribution in [3.8, 4) is 0 Å². The molecule has 5 nitrogen and oxygen atoms in total. The molecule has 1 atom stereocenters. The smallest absolute Gasteiger partial charge is 0.245 e. The van der Waals surface area contributed by atoms with Gasteiger partial charge in [0.15, 0.2) is 0 Å². The second-order valence-corrected chi connectivity index (χ2v) is 6.64. The van der Waals surface area contributed by atoms with Gasteiger partial charge >= 0.3 is 0 Å². The number of carbonyl (C=O) groups excluding carboxylic acids is 2. The third-order valence-electron chi connectivity index (χ3n) is 3.92. The first-order valence-electron chi connectivity index (χ1n) is 8.07. The molecule has 1 heterocycles. The molecule has 1 N–H and O–H groups in total. The topological polar surface area (TPSA) is 58.6 Å². The average molecular weight is 373 g/mol. The zero-order chi connectivity index (χ0) is 17.5. The lowest BCUT2D eigenvalue weighted by molar-refractivity contribution is -0.139. The molecule has 0 saturated carbocycles. The summed E-state index contributed by atoms with van der Waals surface area (Å²) < 4.78 is 5.22. The number of benzene rings is 1. The predicted octanol–water partition coefficient (Wildman–Crippen LogP) is 2.68. The minimum atomic E-state index is -0.513. The minimum absolute atomic E-state index is 0.0591. The van der Waals surface area contributed by atoms with E-state index in [0.29, 0.717) is 49.2 Å². The molecule has 2 amide bonds. The van der Waals surface area contributed by atoms with Gasteiger partial charge in [0.25, 0.3) is 0 Å². The fraction of sp³-hybridized carbons (Fsp3) is 0.529. The van der Waals surface area contributed by atoms with Gasteiger partial charge in [-0.25, -0.2) is 0 Å². The Bertz CT molecular complexity index is 589. The van der Waals surface area contributed by atoms with Crippen LogP contribution in [0.3, 0.4) is 0 Å². The molecule has 1 aliphatic heterocycles. The summed E-state index contributed by atoms with van der Waals surface area (Å²) in [5.41, 5.74) is 1.04. The van der Waals surface area contributed by atoms with E-state index in [0.717, 1.165) is 12.0 Å². The van der Waals surface area contributed by atoms with E-state index in [4.69, 9.17) is 27.9 Å². The van der Waals surface area contributed by atoms with Crippen molar-refractivity contribution in [2.75, 3.05) is 26.3 Å². The summed E-state index contributed by atoms with van der Waals surface area (Å²) in [5.74, 6) is -0.180. The fourth-order valence-corrected chi connectivity index (χ4v) is 2.90. The third-order valence-corrected chi connectivity index (χ3v) is 4.66. The summed E-state index contributed by atoms with van der Waals surface area (Å²) >= 11 is 11.8. The van der Waals surface area contributed by atoms with Crippen molar-refractivity contribution in [3.05, 3.63) is 33.8 Å². The molecule has 7 heteroatoms. The number of amides is 2. The SMILES string of the molecule is CC(NC(=O)CCCc1ccc(Cl)c(Cl)c1)C(=O)N1CCOCC1. The number of hydrogen-bond acceptors (Lipinski definition) is 3. The van der Waals surface area contributed by atoms with Gasteiger partial charge in [-0.3, -0.25) is 9.59 Å². The fourth-order valence-electron chi connectivity index (χ4n) is 2.58. The van der Waals surface area contributed by atoms with Crippen LogP contribution in [-0.4, -0.2) is 49.1 Å². The molecule has 132 valence electrons. The van der Waals surface area contributed by atoms with Gasteiger partial charge in [-0.15, -0.1) is 0 Å². The monoisotopic (exact) mass is 372 g/mol. The first-order chi connectivity index (χ1) is 11.5. The molecular formula is C17H22Cl2N2O3. The molecule has 1 unspecified atom stereocenters. The van der Waals surface area contributed by atoms with Crippen LogP contribution in [0.4, 0.5) is 0 Å². The maximum atomic E-state index is 12.2. The Labute approximate surface area is 152 Å². The Balaban J connectivity index is 1.72. The number of ether oxygens (including phenoxy) is 1. The van der Waals surface area contributed by atoms with E-state index in [-0.39, 0.29) is 11.8 Å². The number of nitrogens with zero attached hydrogens (tertiary/aromatic N) is 1. The molecule has 0 spiro atoms. The van der Waals surface area contributed by atoms with Crippen molar-refractivity contribution in [2.45, 2.75) is 32.2 Å². The van der Waals surface area contributed by atoms with E-state index in [1.807, 2.05) is 12.1 Å². The molecule has 0 radical (unpaired) electrons. The second kappa shape index (κ2) is 9.25. The van der Waals surface area contributed by atoms with Crippen LogP contribution in [0.2, 0.25) is 10.0 Å². The lowest BCUT2D eigenvalue weighted by atomic mass is 10.1. The van der Waals surface area contributed by atoms with Gasteiger partial charge in [-0.05, 0) is 37.5 Å². The van der Waals surface area contributed by atoms with Crippen molar-refractivity contribution >= 4 is 35.0 Å². The normalized spacial score (nSPS) is 15.9. The van der Waals surface area contributed by atoms with Crippen LogP contribution in [0.15, 0.2) is 18.2 Å². The predicted molar refractivity (Wildman–Crippen MR) is 94.4 cm³/mol. The van der Waals surface area contributed by atoms with Crippen LogP contribution in [-0.2, 0) is 20.7 Å². The second-order valence-electron chi connectivity index (χ2n) is 5.83. The molecular weight excluding hydrogens is 351 g/mol. The van der Waals surface area contributed by atoms with Gasteiger partial charge in [0, 0.05) is 19.5 Å². The lowest BCUT2D eigenvalue weighted by Gasteiger charge is -2.29. The quantitative estimate of drug-likeness (QED) is 0.834. The Morgan fingerprint density at radius 2 is 1.96 bits per heavy atom. The molecule has 2 rings (SSSR count). The number of nitrogens with one attached hydrogen (secondary N) is 1. The molecule has 24 heavy (non-hydrogen) atoms. The Kier molecular flexibility index (Phi) is 7.34. The molecule has 0 bridgehead atoms. The highest BCUT2D eigenvalue weighted by Crippen LogP contribution is 2.23. The van der Waals surface area contributed by atoms with Crippen LogP contribution in [0.25, 0.3) is 0 Å². The molecule has 1 aromatic rings. The number of rotatable bonds is 6. The summed E-state index contributed by atoms with van der Waals surface area (Å²) in [7, 11) is 0. The van der Waals surface area contributed by atoms with Crippen molar-refractivity contribution < 1.29 is 14.3 Å². The lowest BCUT2D eigenvalue weighted by Crippen LogP contribution is -2.50. The van der Waals surface area contributed by atoms with Gasteiger partial charge in [0.2, 0.25) is 11.8 Å². The van der Waals surface area contributed by atoms with E-state index in [1.54, 1.807) is 17.9 Å². The van der Waals surface area contributed by atoms with Crippen LogP contribution < -0.4 is 5.32 Å². The highest BCUT2D eigenvalue weighted by Gasteiger charge is 2.23. The van der Waals surface area contributed by atoms with Crippen molar-refractivity contribution in [2.24, 2.45) is 0 Å². The summed E-state index contributed by atoms with van der Waals surface area (Å²) in [5, 5.41) is 3.80. The highest BCUT2D eigenvalue weighted by atomic mass is 35.5. The Hall–Kier alpha value is -1.30. The Morgan fingerprint density at radius 1 is 1.25 bits per heavy atom.